The fourth-order valence-corrected chi connectivity index (χ4v) is 0. The predicted molar refractivity (Wildman–Crippen MR) is 22.9 cm³/mol. The van der Waals surface area contributed by atoms with E-state index in [2.05, 4.69) is 0 Å². The van der Waals surface area contributed by atoms with Gasteiger partial charge in [-0.05, 0) is 0 Å². The quantitative estimate of drug-likeness (QED) is 0.562. The largest absolute Gasteiger partial charge is 0.197 e. The first kappa shape index (κ1) is 83.3. The van der Waals surface area contributed by atoms with Crippen LogP contribution in [-0.4, -0.2) is 11.0 Å². The van der Waals surface area contributed by atoms with Crippen LogP contribution in [0.3, 0.4) is 0 Å². The zero-order valence-corrected chi connectivity index (χ0v) is 8.66. The van der Waals surface area contributed by atoms with E-state index in [1.807, 2.05) is 0 Å². The van der Waals surface area contributed by atoms with Gasteiger partial charge in [-0.1, -0.05) is 7.43 Å². The predicted octanol–water partition coefficient (Wildman–Crippen LogP) is 0.361. The Balaban J connectivity index is 0. The molecule has 0 aliphatic heterocycles. The van der Waals surface area contributed by atoms with Gasteiger partial charge in [-0.3, -0.25) is 0 Å². The monoisotopic (exact) mass is 283 g/mol. The summed E-state index contributed by atoms with van der Waals surface area (Å²) < 4.78 is 0. The Morgan fingerprint density at radius 2 is 1.00 bits per heavy atom. The minimum Gasteiger partial charge on any atom is -0.197 e. The van der Waals surface area contributed by atoms with Crippen molar-refractivity contribution in [2.45, 2.75) is 7.43 Å². The molecule has 0 unspecified atom stereocenters. The van der Waals surface area contributed by atoms with Crippen LogP contribution in [0.25, 0.3) is 0 Å². The van der Waals surface area contributed by atoms with Crippen molar-refractivity contribution in [3.8, 4) is 0 Å². The molecule has 0 spiro atoms. The summed E-state index contributed by atoms with van der Waals surface area (Å²) in [7, 11) is 0. The van der Waals surface area contributed by atoms with Crippen molar-refractivity contribution in [1.82, 2.24) is 0 Å². The summed E-state index contributed by atoms with van der Waals surface area (Å²) in [4.78, 5) is 0. The van der Waals surface area contributed by atoms with Crippen LogP contribution >= 0.6 is 13.5 Å². The van der Waals surface area contributed by atoms with E-state index in [-0.39, 0.29) is 87.4 Å². The Morgan fingerprint density at radius 3 is 1.00 bits per heavy atom. The van der Waals surface area contributed by atoms with Gasteiger partial charge in [0.15, 0.2) is 0 Å². The van der Waals surface area contributed by atoms with Gasteiger partial charge in [0.1, 0.15) is 0 Å². The van der Waals surface area contributed by atoms with Crippen LogP contribution in [0.2, 0.25) is 0 Å². The maximum absolute atomic E-state index is 0. The molecule has 0 fully saturated rings. The maximum atomic E-state index is 0. The summed E-state index contributed by atoms with van der Waals surface area (Å²) in [6.45, 7) is 0. The van der Waals surface area contributed by atoms with Gasteiger partial charge in [0.05, 0.1) is 0 Å². The SMILES string of the molecule is C.S.[Cr].[Mn].[Mo].[Si]. The Labute approximate surface area is 86.6 Å². The van der Waals surface area contributed by atoms with Crippen molar-refractivity contribution in [2.24, 2.45) is 0 Å². The Hall–Kier alpha value is 2.31. The van der Waals surface area contributed by atoms with Gasteiger partial charge >= 0.3 is 0 Å². The topological polar surface area (TPSA) is 0 Å². The fourth-order valence-electron chi connectivity index (χ4n) is 0. The van der Waals surface area contributed by atoms with Crippen LogP contribution in [0.5, 0.6) is 0 Å². The van der Waals surface area contributed by atoms with Gasteiger partial charge < -0.3 is 0 Å². The normalized spacial score (nSPS) is 0. The molecule has 0 aliphatic carbocycles. The molecule has 0 aromatic carbocycles. The van der Waals surface area contributed by atoms with Crippen molar-refractivity contribution in [3.63, 3.8) is 0 Å². The molecule has 0 aliphatic rings. The van der Waals surface area contributed by atoms with Gasteiger partial charge in [-0.2, -0.15) is 13.5 Å². The molecule has 0 saturated heterocycles. The molecule has 39 valence electrons. The van der Waals surface area contributed by atoms with E-state index >= 15 is 0 Å². The average molecular weight is 281 g/mol. The summed E-state index contributed by atoms with van der Waals surface area (Å²) in [6.07, 6.45) is 0. The van der Waals surface area contributed by atoms with E-state index in [0.717, 1.165) is 0 Å². The van der Waals surface area contributed by atoms with Crippen molar-refractivity contribution in [2.75, 3.05) is 0 Å². The smallest absolute Gasteiger partial charge is 0 e. The van der Waals surface area contributed by atoms with Gasteiger partial charge in [0.2, 0.25) is 0 Å². The molecule has 0 aromatic heterocycles. The first-order valence-corrected chi connectivity index (χ1v) is 0. The zero-order valence-electron chi connectivity index (χ0n) is 2.19. The summed E-state index contributed by atoms with van der Waals surface area (Å²) in [6, 6.07) is 0. The second-order valence-corrected chi connectivity index (χ2v) is 0. The molecule has 0 nitrogen and oxygen atoms in total. The average Bonchev–Trinajstić information content (AvgIpc) is 0. The molecule has 0 aromatic rings. The Bertz CT molecular complexity index is 15.5. The molecule has 0 heterocycles. The molecular weight excluding hydrogens is 275 g/mol. The van der Waals surface area contributed by atoms with Gasteiger partial charge in [0.25, 0.3) is 0 Å². The van der Waals surface area contributed by atoms with Crippen LogP contribution in [0.1, 0.15) is 7.43 Å². The Morgan fingerprint density at radius 1 is 1.00 bits per heavy atom. The molecule has 5 radical (unpaired) electrons. The van der Waals surface area contributed by atoms with Crippen LogP contribution < -0.4 is 0 Å². The summed E-state index contributed by atoms with van der Waals surface area (Å²) in [5, 5.41) is 0. The van der Waals surface area contributed by atoms with Crippen LogP contribution in [0.4, 0.5) is 0 Å². The number of hydrogen-bond donors (Lipinski definition) is 0. The number of rotatable bonds is 0. The third-order valence-corrected chi connectivity index (χ3v) is 0. The maximum Gasteiger partial charge on any atom is 0 e. The van der Waals surface area contributed by atoms with Crippen LogP contribution in [0.15, 0.2) is 0 Å². The van der Waals surface area contributed by atoms with E-state index in [1.54, 1.807) is 0 Å². The first-order chi connectivity index (χ1) is 0. The van der Waals surface area contributed by atoms with Crippen molar-refractivity contribution >= 4 is 24.5 Å². The van der Waals surface area contributed by atoms with E-state index < -0.39 is 0 Å². The second kappa shape index (κ2) is 54.6. The number of hydrogen-bond acceptors (Lipinski definition) is 0. The van der Waals surface area contributed by atoms with Gasteiger partial charge in [0, 0.05) is 66.5 Å². The molecule has 0 rings (SSSR count). The molecular formula is CH6CrMnMoSSi. The third-order valence-electron chi connectivity index (χ3n) is 0. The second-order valence-electron chi connectivity index (χ2n) is 0. The van der Waals surface area contributed by atoms with E-state index in [0.29, 0.717) is 0 Å². The van der Waals surface area contributed by atoms with Gasteiger partial charge in [-0.25, -0.2) is 0 Å². The molecule has 5 heteroatoms. The van der Waals surface area contributed by atoms with E-state index in [1.165, 1.54) is 0 Å². The summed E-state index contributed by atoms with van der Waals surface area (Å²) in [5.74, 6) is 0. The fraction of sp³-hybridized carbons (Fsp3) is 1.00. The van der Waals surface area contributed by atoms with Gasteiger partial charge in [-0.15, -0.1) is 0 Å². The first-order valence-electron chi connectivity index (χ1n) is 0. The van der Waals surface area contributed by atoms with E-state index in [9.17, 15) is 0 Å². The summed E-state index contributed by atoms with van der Waals surface area (Å²) >= 11 is 0. The van der Waals surface area contributed by atoms with E-state index in [4.69, 9.17) is 0 Å². The molecule has 0 bridgehead atoms. The van der Waals surface area contributed by atoms with Crippen molar-refractivity contribution in [3.05, 3.63) is 0 Å². The molecule has 0 amide bonds. The molecule has 0 N–H and O–H groups in total. The molecule has 0 atom stereocenters. The Kier molecular flexibility index (Phi) is 758. The molecule has 6 heavy (non-hydrogen) atoms. The third kappa shape index (κ3) is 33.4. The minimum absolute atomic E-state index is 0. The standard InChI is InChI=1S/CH4.Cr.Mn.Mo.H2S.Si/h1H4;;;;1H2;. The van der Waals surface area contributed by atoms with Crippen molar-refractivity contribution in [1.29, 1.82) is 0 Å². The zero-order chi connectivity index (χ0) is 0. The summed E-state index contributed by atoms with van der Waals surface area (Å²) in [5.41, 5.74) is 0. The minimum atomic E-state index is 0. The molecule has 0 saturated carbocycles. The van der Waals surface area contributed by atoms with Crippen molar-refractivity contribution < 1.29 is 55.5 Å². The van der Waals surface area contributed by atoms with Crippen LogP contribution in [0, 0.1) is 0 Å². The van der Waals surface area contributed by atoms with Crippen LogP contribution in [-0.2, 0) is 55.5 Å².